The minimum atomic E-state index is -0.383. The van der Waals surface area contributed by atoms with Crippen LogP contribution in [-0.4, -0.2) is 47.2 Å². The number of pyridine rings is 1. The Labute approximate surface area is 141 Å². The highest BCUT2D eigenvalue weighted by Gasteiger charge is 2.29. The molecule has 1 aliphatic heterocycles. The lowest BCUT2D eigenvalue weighted by molar-refractivity contribution is 0.0762. The summed E-state index contributed by atoms with van der Waals surface area (Å²) in [6.07, 6.45) is 3.81. The van der Waals surface area contributed by atoms with Crippen LogP contribution >= 0.6 is 0 Å². The number of carbonyl (C=O) groups is 1. The van der Waals surface area contributed by atoms with Gasteiger partial charge in [-0.3, -0.25) is 9.78 Å². The van der Waals surface area contributed by atoms with Gasteiger partial charge in [-0.25, -0.2) is 0 Å². The lowest BCUT2D eigenvalue weighted by Gasteiger charge is -2.18. The molecule has 1 fully saturated rings. The molecule has 2 unspecified atom stereocenters. The zero-order chi connectivity index (χ0) is 17.1. The Balaban J connectivity index is 1.78. The van der Waals surface area contributed by atoms with E-state index >= 15 is 0 Å². The van der Waals surface area contributed by atoms with Gasteiger partial charge in [0.15, 0.2) is 0 Å². The molecule has 1 N–H and O–H groups in total. The number of carbonyl (C=O) groups excluding carboxylic acids is 1. The minimum absolute atomic E-state index is 0.0268. The van der Waals surface area contributed by atoms with Gasteiger partial charge < -0.3 is 14.7 Å². The highest BCUT2D eigenvalue weighted by Crippen LogP contribution is 2.25. The van der Waals surface area contributed by atoms with Crippen LogP contribution in [-0.2, 0) is 0 Å². The van der Waals surface area contributed by atoms with Gasteiger partial charge in [0.2, 0.25) is 0 Å². The first kappa shape index (κ1) is 16.5. The third-order valence-corrected chi connectivity index (χ3v) is 4.60. The summed E-state index contributed by atoms with van der Waals surface area (Å²) in [7, 11) is 1.63. The maximum atomic E-state index is 12.7. The summed E-state index contributed by atoms with van der Waals surface area (Å²) in [6.45, 7) is 3.06. The predicted molar refractivity (Wildman–Crippen MR) is 91.9 cm³/mol. The summed E-state index contributed by atoms with van der Waals surface area (Å²) >= 11 is 0. The van der Waals surface area contributed by atoms with Crippen molar-refractivity contribution < 1.29 is 14.6 Å². The zero-order valence-corrected chi connectivity index (χ0v) is 14.0. The van der Waals surface area contributed by atoms with Crippen molar-refractivity contribution in [1.29, 1.82) is 0 Å². The smallest absolute Gasteiger partial charge is 0.255 e. The number of hydrogen-bond acceptors (Lipinski definition) is 4. The molecule has 0 saturated carbocycles. The molecule has 5 heteroatoms. The van der Waals surface area contributed by atoms with Crippen molar-refractivity contribution in [2.24, 2.45) is 5.92 Å². The molecule has 0 spiro atoms. The number of ether oxygens (including phenoxy) is 1. The summed E-state index contributed by atoms with van der Waals surface area (Å²) < 4.78 is 5.17. The molecule has 1 aliphatic rings. The number of benzene rings is 1. The van der Waals surface area contributed by atoms with E-state index in [0.29, 0.717) is 18.7 Å². The van der Waals surface area contributed by atoms with Crippen LogP contribution in [0.1, 0.15) is 23.7 Å². The number of hydrogen-bond donors (Lipinski definition) is 1. The maximum Gasteiger partial charge on any atom is 0.255 e. The predicted octanol–water partition coefficient (Wildman–Crippen LogP) is 2.60. The van der Waals surface area contributed by atoms with Gasteiger partial charge in [-0.05, 0) is 37.1 Å². The van der Waals surface area contributed by atoms with Crippen LogP contribution in [0, 0.1) is 5.92 Å². The molecular formula is C19H22N2O3. The van der Waals surface area contributed by atoms with Crippen LogP contribution in [0.3, 0.4) is 0 Å². The summed E-state index contributed by atoms with van der Waals surface area (Å²) in [5.41, 5.74) is 2.46. The summed E-state index contributed by atoms with van der Waals surface area (Å²) in [5, 5.41) is 9.70. The van der Waals surface area contributed by atoms with E-state index in [9.17, 15) is 9.90 Å². The van der Waals surface area contributed by atoms with Crippen molar-refractivity contribution in [2.45, 2.75) is 19.4 Å². The van der Waals surface area contributed by atoms with E-state index in [1.807, 2.05) is 30.3 Å². The van der Waals surface area contributed by atoms with Crippen LogP contribution in [0.4, 0.5) is 0 Å². The van der Waals surface area contributed by atoms with Crippen molar-refractivity contribution in [2.75, 3.05) is 20.2 Å². The molecule has 2 atom stereocenters. The number of rotatable bonds is 4. The van der Waals surface area contributed by atoms with Crippen LogP contribution in [0.2, 0.25) is 0 Å². The van der Waals surface area contributed by atoms with Crippen molar-refractivity contribution in [3.63, 3.8) is 0 Å². The fraction of sp³-hybridized carbons (Fsp3) is 0.368. The van der Waals surface area contributed by atoms with E-state index < -0.39 is 0 Å². The van der Waals surface area contributed by atoms with Gasteiger partial charge in [0.1, 0.15) is 5.75 Å². The van der Waals surface area contributed by atoms with Crippen molar-refractivity contribution >= 4 is 5.91 Å². The second kappa shape index (κ2) is 7.01. The Morgan fingerprint density at radius 2 is 2.04 bits per heavy atom. The largest absolute Gasteiger partial charge is 0.497 e. The standard InChI is InChI=1S/C19H22N2O3/c1-13(22)15-7-8-21(12-15)19(23)17-9-16(10-20-11-17)14-3-5-18(24-2)6-4-14/h3-6,9-11,13,15,22H,7-8,12H2,1-2H3. The van der Waals surface area contributed by atoms with Gasteiger partial charge in [-0.15, -0.1) is 0 Å². The first-order chi connectivity index (χ1) is 11.6. The molecule has 3 rings (SSSR count). The number of aliphatic hydroxyl groups excluding tert-OH is 1. The van der Waals surface area contributed by atoms with E-state index in [0.717, 1.165) is 23.3 Å². The van der Waals surface area contributed by atoms with E-state index in [2.05, 4.69) is 4.98 Å². The van der Waals surface area contributed by atoms with Gasteiger partial charge in [-0.1, -0.05) is 12.1 Å². The molecule has 126 valence electrons. The fourth-order valence-corrected chi connectivity index (χ4v) is 3.05. The Hall–Kier alpha value is -2.40. The van der Waals surface area contributed by atoms with E-state index in [4.69, 9.17) is 4.74 Å². The van der Waals surface area contributed by atoms with E-state index in [1.54, 1.807) is 31.3 Å². The third-order valence-electron chi connectivity index (χ3n) is 4.60. The number of likely N-dealkylation sites (tertiary alicyclic amines) is 1. The highest BCUT2D eigenvalue weighted by atomic mass is 16.5. The molecular weight excluding hydrogens is 304 g/mol. The monoisotopic (exact) mass is 326 g/mol. The number of nitrogens with zero attached hydrogens (tertiary/aromatic N) is 2. The number of amides is 1. The Kier molecular flexibility index (Phi) is 4.81. The molecule has 1 amide bonds. The van der Waals surface area contributed by atoms with Gasteiger partial charge >= 0.3 is 0 Å². The molecule has 2 heterocycles. The summed E-state index contributed by atoms with van der Waals surface area (Å²) in [4.78, 5) is 18.7. The van der Waals surface area contributed by atoms with Gasteiger partial charge in [0.05, 0.1) is 18.8 Å². The molecule has 0 bridgehead atoms. The average Bonchev–Trinajstić information content (AvgIpc) is 3.12. The van der Waals surface area contributed by atoms with Crippen LogP contribution in [0.25, 0.3) is 11.1 Å². The van der Waals surface area contributed by atoms with Gasteiger partial charge in [0, 0.05) is 37.0 Å². The molecule has 0 radical (unpaired) electrons. The Bertz CT molecular complexity index is 713. The second-order valence-electron chi connectivity index (χ2n) is 6.23. The lowest BCUT2D eigenvalue weighted by Crippen LogP contribution is -2.30. The highest BCUT2D eigenvalue weighted by molar-refractivity contribution is 5.95. The summed E-state index contributed by atoms with van der Waals surface area (Å²) in [6, 6.07) is 9.54. The number of methoxy groups -OCH3 is 1. The molecule has 24 heavy (non-hydrogen) atoms. The molecule has 0 aliphatic carbocycles. The molecule has 1 aromatic heterocycles. The number of aromatic nitrogens is 1. The van der Waals surface area contributed by atoms with Crippen molar-refractivity contribution in [3.05, 3.63) is 48.3 Å². The average molecular weight is 326 g/mol. The van der Waals surface area contributed by atoms with Crippen molar-refractivity contribution in [1.82, 2.24) is 9.88 Å². The molecule has 2 aromatic rings. The topological polar surface area (TPSA) is 62.7 Å². The van der Waals surface area contributed by atoms with E-state index in [-0.39, 0.29) is 17.9 Å². The zero-order valence-electron chi connectivity index (χ0n) is 14.0. The Morgan fingerprint density at radius 3 is 2.67 bits per heavy atom. The lowest BCUT2D eigenvalue weighted by atomic mass is 10.0. The maximum absolute atomic E-state index is 12.7. The SMILES string of the molecule is COc1ccc(-c2cncc(C(=O)N3CCC(C(C)O)C3)c2)cc1. The molecule has 1 aromatic carbocycles. The first-order valence-corrected chi connectivity index (χ1v) is 8.15. The van der Waals surface area contributed by atoms with Crippen LogP contribution in [0.15, 0.2) is 42.7 Å². The van der Waals surface area contributed by atoms with Crippen LogP contribution in [0.5, 0.6) is 5.75 Å². The quantitative estimate of drug-likeness (QED) is 0.938. The third kappa shape index (κ3) is 3.41. The number of aliphatic hydroxyl groups is 1. The minimum Gasteiger partial charge on any atom is -0.497 e. The van der Waals surface area contributed by atoms with E-state index in [1.165, 1.54) is 0 Å². The van der Waals surface area contributed by atoms with Gasteiger partial charge in [0.25, 0.3) is 5.91 Å². The van der Waals surface area contributed by atoms with Crippen LogP contribution < -0.4 is 4.74 Å². The second-order valence-corrected chi connectivity index (χ2v) is 6.23. The molecule has 1 saturated heterocycles. The fourth-order valence-electron chi connectivity index (χ4n) is 3.05. The van der Waals surface area contributed by atoms with Gasteiger partial charge in [-0.2, -0.15) is 0 Å². The molecule has 5 nitrogen and oxygen atoms in total. The Morgan fingerprint density at radius 1 is 1.29 bits per heavy atom. The summed E-state index contributed by atoms with van der Waals surface area (Å²) in [5.74, 6) is 0.924. The van der Waals surface area contributed by atoms with Crippen molar-refractivity contribution in [3.8, 4) is 16.9 Å². The normalized spacial score (nSPS) is 18.5. The first-order valence-electron chi connectivity index (χ1n) is 8.15.